The Morgan fingerprint density at radius 2 is 2.06 bits per heavy atom. The van der Waals surface area contributed by atoms with E-state index in [1.165, 1.54) is 0 Å². The summed E-state index contributed by atoms with van der Waals surface area (Å²) in [6.45, 7) is 1.97. The van der Waals surface area contributed by atoms with Gasteiger partial charge in [-0.2, -0.15) is 5.26 Å². The molecule has 2 aromatic rings. The second-order valence-electron chi connectivity index (χ2n) is 3.86. The third-order valence-electron chi connectivity index (χ3n) is 2.58. The second-order valence-corrected chi connectivity index (χ2v) is 5.15. The minimum Gasteiger partial charge on any atom is -0.353 e. The number of benzene rings is 2. The number of nitriles is 1. The standard InChI is InChI=1S/C14H10BrClN2/c1-9-3-2-4-10(8-17)14(9)18-13-6-5-11(16)7-12(13)15/h2-7,18H,1H3. The Hall–Kier alpha value is -1.50. The van der Waals surface area contributed by atoms with Crippen molar-refractivity contribution >= 4 is 38.9 Å². The van der Waals surface area contributed by atoms with E-state index in [9.17, 15) is 0 Å². The zero-order valence-electron chi connectivity index (χ0n) is 9.67. The van der Waals surface area contributed by atoms with Crippen LogP contribution in [0.15, 0.2) is 40.9 Å². The molecule has 0 radical (unpaired) electrons. The number of nitrogens with zero attached hydrogens (tertiary/aromatic N) is 1. The van der Waals surface area contributed by atoms with Crippen molar-refractivity contribution in [3.05, 3.63) is 57.0 Å². The summed E-state index contributed by atoms with van der Waals surface area (Å²) in [4.78, 5) is 0. The Balaban J connectivity index is 2.43. The molecule has 2 aromatic carbocycles. The topological polar surface area (TPSA) is 35.8 Å². The largest absolute Gasteiger partial charge is 0.353 e. The number of anilines is 2. The van der Waals surface area contributed by atoms with Crippen molar-refractivity contribution in [2.24, 2.45) is 0 Å². The highest BCUT2D eigenvalue weighted by molar-refractivity contribution is 9.10. The van der Waals surface area contributed by atoms with E-state index in [1.807, 2.05) is 31.2 Å². The number of aryl methyl sites for hydroxylation is 1. The molecule has 18 heavy (non-hydrogen) atoms. The first-order chi connectivity index (χ1) is 8.61. The van der Waals surface area contributed by atoms with Crippen LogP contribution in [0.2, 0.25) is 5.02 Å². The lowest BCUT2D eigenvalue weighted by Gasteiger charge is -2.12. The second kappa shape index (κ2) is 5.43. The summed E-state index contributed by atoms with van der Waals surface area (Å²) in [5, 5.41) is 13.0. The molecule has 0 saturated heterocycles. The van der Waals surface area contributed by atoms with E-state index in [-0.39, 0.29) is 0 Å². The molecule has 0 aliphatic carbocycles. The predicted molar refractivity (Wildman–Crippen MR) is 78.3 cm³/mol. The summed E-state index contributed by atoms with van der Waals surface area (Å²) in [7, 11) is 0. The summed E-state index contributed by atoms with van der Waals surface area (Å²) in [6.07, 6.45) is 0. The first kappa shape index (κ1) is 12.9. The van der Waals surface area contributed by atoms with E-state index in [0.717, 1.165) is 21.4 Å². The molecule has 0 saturated carbocycles. The van der Waals surface area contributed by atoms with Gasteiger partial charge in [-0.15, -0.1) is 0 Å². The van der Waals surface area contributed by atoms with Crippen molar-refractivity contribution < 1.29 is 0 Å². The Kier molecular flexibility index (Phi) is 3.90. The molecule has 0 heterocycles. The van der Waals surface area contributed by atoms with Crippen molar-refractivity contribution in [2.45, 2.75) is 6.92 Å². The molecule has 2 nitrogen and oxygen atoms in total. The molecule has 0 spiro atoms. The minimum atomic E-state index is 0.622. The van der Waals surface area contributed by atoms with E-state index < -0.39 is 0 Å². The lowest BCUT2D eigenvalue weighted by Crippen LogP contribution is -1.97. The molecule has 0 bridgehead atoms. The molecule has 0 amide bonds. The van der Waals surface area contributed by atoms with Crippen LogP contribution in [0.4, 0.5) is 11.4 Å². The highest BCUT2D eigenvalue weighted by atomic mass is 79.9. The van der Waals surface area contributed by atoms with Crippen LogP contribution in [0.1, 0.15) is 11.1 Å². The lowest BCUT2D eigenvalue weighted by atomic mass is 10.1. The van der Waals surface area contributed by atoms with E-state index in [1.54, 1.807) is 12.1 Å². The van der Waals surface area contributed by atoms with Crippen molar-refractivity contribution in [3.8, 4) is 6.07 Å². The third-order valence-corrected chi connectivity index (χ3v) is 3.48. The van der Waals surface area contributed by atoms with Crippen molar-refractivity contribution in [2.75, 3.05) is 5.32 Å². The van der Waals surface area contributed by atoms with E-state index in [0.29, 0.717) is 10.6 Å². The van der Waals surface area contributed by atoms with Gasteiger partial charge in [0, 0.05) is 9.50 Å². The highest BCUT2D eigenvalue weighted by Crippen LogP contribution is 2.31. The van der Waals surface area contributed by atoms with E-state index in [2.05, 4.69) is 27.3 Å². The number of rotatable bonds is 2. The van der Waals surface area contributed by atoms with Gasteiger partial charge >= 0.3 is 0 Å². The number of hydrogen-bond acceptors (Lipinski definition) is 2. The molecule has 0 unspecified atom stereocenters. The normalized spacial score (nSPS) is 9.89. The average Bonchev–Trinajstić information content (AvgIpc) is 2.34. The van der Waals surface area contributed by atoms with Crippen LogP contribution in [0, 0.1) is 18.3 Å². The van der Waals surface area contributed by atoms with Crippen molar-refractivity contribution in [3.63, 3.8) is 0 Å². The van der Waals surface area contributed by atoms with Crippen molar-refractivity contribution in [1.82, 2.24) is 0 Å². The molecule has 0 fully saturated rings. The molecule has 0 atom stereocenters. The van der Waals surface area contributed by atoms with Crippen LogP contribution in [-0.4, -0.2) is 0 Å². The third kappa shape index (κ3) is 2.66. The zero-order chi connectivity index (χ0) is 13.1. The number of hydrogen-bond donors (Lipinski definition) is 1. The fourth-order valence-corrected chi connectivity index (χ4v) is 2.43. The summed E-state index contributed by atoms with van der Waals surface area (Å²) in [5.41, 5.74) is 3.35. The molecule has 0 aliphatic rings. The lowest BCUT2D eigenvalue weighted by molar-refractivity contribution is 1.39. The Morgan fingerprint density at radius 3 is 2.72 bits per heavy atom. The number of para-hydroxylation sites is 1. The molecular weight excluding hydrogens is 312 g/mol. The van der Waals surface area contributed by atoms with Crippen molar-refractivity contribution in [1.29, 1.82) is 5.26 Å². The van der Waals surface area contributed by atoms with Gasteiger partial charge in [0.1, 0.15) is 6.07 Å². The maximum Gasteiger partial charge on any atom is 0.101 e. The van der Waals surface area contributed by atoms with Gasteiger partial charge in [0.25, 0.3) is 0 Å². The summed E-state index contributed by atoms with van der Waals surface area (Å²) in [5.74, 6) is 0. The van der Waals surface area contributed by atoms with Gasteiger partial charge < -0.3 is 5.32 Å². The summed E-state index contributed by atoms with van der Waals surface area (Å²) < 4.78 is 0.863. The maximum absolute atomic E-state index is 9.11. The van der Waals surface area contributed by atoms with Crippen LogP contribution in [0.3, 0.4) is 0 Å². The Labute approximate surface area is 119 Å². The predicted octanol–water partition coefficient (Wildman–Crippen LogP) is 5.03. The molecular formula is C14H10BrClN2. The Morgan fingerprint density at radius 1 is 1.28 bits per heavy atom. The SMILES string of the molecule is Cc1cccc(C#N)c1Nc1ccc(Cl)cc1Br. The molecule has 2 rings (SSSR count). The molecule has 4 heteroatoms. The van der Waals surface area contributed by atoms with Gasteiger partial charge in [0.05, 0.1) is 16.9 Å². The Bertz CT molecular complexity index is 632. The van der Waals surface area contributed by atoms with Gasteiger partial charge in [-0.3, -0.25) is 0 Å². The number of halogens is 2. The van der Waals surface area contributed by atoms with Crippen LogP contribution < -0.4 is 5.32 Å². The van der Waals surface area contributed by atoms with Gasteiger partial charge in [-0.1, -0.05) is 23.7 Å². The molecule has 90 valence electrons. The summed E-state index contributed by atoms with van der Waals surface area (Å²) >= 11 is 9.35. The number of nitrogens with one attached hydrogen (secondary N) is 1. The first-order valence-electron chi connectivity index (χ1n) is 5.33. The zero-order valence-corrected chi connectivity index (χ0v) is 12.0. The van der Waals surface area contributed by atoms with Crippen LogP contribution in [0.5, 0.6) is 0 Å². The highest BCUT2D eigenvalue weighted by Gasteiger charge is 2.07. The van der Waals surface area contributed by atoms with Gasteiger partial charge in [-0.05, 0) is 52.7 Å². The van der Waals surface area contributed by atoms with E-state index >= 15 is 0 Å². The fraction of sp³-hybridized carbons (Fsp3) is 0.0714. The van der Waals surface area contributed by atoms with Gasteiger partial charge in [0.2, 0.25) is 0 Å². The first-order valence-corrected chi connectivity index (χ1v) is 6.50. The van der Waals surface area contributed by atoms with E-state index in [4.69, 9.17) is 16.9 Å². The monoisotopic (exact) mass is 320 g/mol. The summed E-state index contributed by atoms with van der Waals surface area (Å²) in [6, 6.07) is 13.3. The molecule has 1 N–H and O–H groups in total. The van der Waals surface area contributed by atoms with Crippen LogP contribution in [-0.2, 0) is 0 Å². The van der Waals surface area contributed by atoms with Crippen LogP contribution >= 0.6 is 27.5 Å². The quantitative estimate of drug-likeness (QED) is 0.842. The van der Waals surface area contributed by atoms with Gasteiger partial charge in [-0.25, -0.2) is 0 Å². The van der Waals surface area contributed by atoms with Gasteiger partial charge in [0.15, 0.2) is 0 Å². The fourth-order valence-electron chi connectivity index (χ4n) is 1.65. The molecule has 0 aromatic heterocycles. The van der Waals surface area contributed by atoms with Crippen LogP contribution in [0.25, 0.3) is 0 Å². The molecule has 0 aliphatic heterocycles. The smallest absolute Gasteiger partial charge is 0.101 e. The maximum atomic E-state index is 9.11. The average molecular weight is 322 g/mol. The minimum absolute atomic E-state index is 0.622.